The summed E-state index contributed by atoms with van der Waals surface area (Å²) in [4.78, 5) is 3.30. The van der Waals surface area contributed by atoms with Crippen LogP contribution in [0.1, 0.15) is 5.76 Å². The molecule has 0 saturated carbocycles. The lowest BCUT2D eigenvalue weighted by atomic mass is 10.2. The van der Waals surface area contributed by atoms with Crippen LogP contribution in [0.5, 0.6) is 0 Å². The Kier molecular flexibility index (Phi) is 3.32. The molecule has 0 saturated heterocycles. The van der Waals surface area contributed by atoms with Gasteiger partial charge in [0.25, 0.3) is 10.0 Å². The van der Waals surface area contributed by atoms with E-state index in [-0.39, 0.29) is 16.2 Å². The number of pyridine rings is 1. The molecule has 0 unspecified atom stereocenters. The first-order valence-corrected chi connectivity index (χ1v) is 7.64. The highest BCUT2D eigenvalue weighted by Crippen LogP contribution is 2.30. The van der Waals surface area contributed by atoms with Crippen molar-refractivity contribution in [2.24, 2.45) is 0 Å². The van der Waals surface area contributed by atoms with E-state index in [1.165, 1.54) is 37.6 Å². The van der Waals surface area contributed by atoms with Gasteiger partial charge in [0.2, 0.25) is 5.95 Å². The van der Waals surface area contributed by atoms with Crippen LogP contribution in [0.3, 0.4) is 0 Å². The molecule has 3 aromatic heterocycles. The lowest BCUT2D eigenvalue weighted by Gasteiger charge is -2.10. The first-order valence-electron chi connectivity index (χ1n) is 6.20. The standard InChI is InChI=1S/C14H10F2N2O3S/c1-9-12(5-8-21-9)22(19,20)18-7-4-11(15)13(18)10-3-2-6-17-14(10)16/h2-8H,1H3. The molecule has 8 heteroatoms. The van der Waals surface area contributed by atoms with Gasteiger partial charge in [0.1, 0.15) is 22.2 Å². The zero-order valence-corrected chi connectivity index (χ0v) is 12.1. The maximum Gasteiger partial charge on any atom is 0.271 e. The van der Waals surface area contributed by atoms with Gasteiger partial charge in [-0.15, -0.1) is 0 Å². The summed E-state index contributed by atoms with van der Waals surface area (Å²) in [5.74, 6) is -1.66. The Morgan fingerprint density at radius 1 is 1.23 bits per heavy atom. The molecule has 0 spiro atoms. The molecule has 0 N–H and O–H groups in total. The Labute approximate surface area is 124 Å². The van der Waals surface area contributed by atoms with E-state index in [2.05, 4.69) is 4.98 Å². The SMILES string of the molecule is Cc1occc1S(=O)(=O)n1ccc(F)c1-c1cccnc1F. The third kappa shape index (κ3) is 2.12. The maximum absolute atomic E-state index is 14.0. The van der Waals surface area contributed by atoms with Crippen LogP contribution in [-0.4, -0.2) is 17.4 Å². The van der Waals surface area contributed by atoms with Crippen molar-refractivity contribution in [2.45, 2.75) is 11.8 Å². The van der Waals surface area contributed by atoms with Crippen molar-refractivity contribution in [1.82, 2.24) is 8.96 Å². The number of rotatable bonds is 3. The number of hydrogen-bond acceptors (Lipinski definition) is 4. The van der Waals surface area contributed by atoms with Gasteiger partial charge in [-0.1, -0.05) is 0 Å². The van der Waals surface area contributed by atoms with Crippen LogP contribution in [-0.2, 0) is 10.0 Å². The van der Waals surface area contributed by atoms with Crippen molar-refractivity contribution in [2.75, 3.05) is 0 Å². The predicted octanol–water partition coefficient (Wildman–Crippen LogP) is 2.97. The van der Waals surface area contributed by atoms with Crippen molar-refractivity contribution >= 4 is 10.0 Å². The molecule has 3 aromatic rings. The topological polar surface area (TPSA) is 65.1 Å². The fourth-order valence-electron chi connectivity index (χ4n) is 2.15. The Morgan fingerprint density at radius 3 is 2.64 bits per heavy atom. The molecule has 0 fully saturated rings. The molecule has 0 aliphatic carbocycles. The molecule has 0 radical (unpaired) electrons. The lowest BCUT2D eigenvalue weighted by molar-refractivity contribution is 0.521. The van der Waals surface area contributed by atoms with Gasteiger partial charge in [-0.25, -0.2) is 21.8 Å². The minimum atomic E-state index is -4.11. The molecule has 0 aliphatic heterocycles. The number of nitrogens with zero attached hydrogens (tertiary/aromatic N) is 2. The van der Waals surface area contributed by atoms with Crippen molar-refractivity contribution in [3.63, 3.8) is 0 Å². The summed E-state index contributed by atoms with van der Waals surface area (Å²) >= 11 is 0. The molecular weight excluding hydrogens is 314 g/mol. The summed E-state index contributed by atoms with van der Waals surface area (Å²) in [6, 6.07) is 4.86. The number of furan rings is 1. The molecule has 3 heterocycles. The second-order valence-electron chi connectivity index (χ2n) is 4.50. The number of aromatic nitrogens is 2. The molecule has 0 bridgehead atoms. The van der Waals surface area contributed by atoms with Gasteiger partial charge in [-0.2, -0.15) is 4.39 Å². The highest BCUT2D eigenvalue weighted by atomic mass is 32.2. The minimum absolute atomic E-state index is 0.117. The first-order chi connectivity index (χ1) is 10.4. The minimum Gasteiger partial charge on any atom is -0.468 e. The van der Waals surface area contributed by atoms with Crippen LogP contribution in [0.4, 0.5) is 8.78 Å². The van der Waals surface area contributed by atoms with Crippen molar-refractivity contribution < 1.29 is 21.6 Å². The van der Waals surface area contributed by atoms with Crippen LogP contribution in [0, 0.1) is 18.7 Å². The van der Waals surface area contributed by atoms with Crippen LogP contribution < -0.4 is 0 Å². The predicted molar refractivity (Wildman–Crippen MR) is 73.6 cm³/mol. The fourth-order valence-corrected chi connectivity index (χ4v) is 3.65. The highest BCUT2D eigenvalue weighted by molar-refractivity contribution is 7.90. The smallest absolute Gasteiger partial charge is 0.271 e. The van der Waals surface area contributed by atoms with Gasteiger partial charge < -0.3 is 4.42 Å². The molecule has 0 aliphatic rings. The van der Waals surface area contributed by atoms with Gasteiger partial charge in [-0.3, -0.25) is 0 Å². The van der Waals surface area contributed by atoms with Crippen LogP contribution >= 0.6 is 0 Å². The Bertz CT molecular complexity index is 945. The summed E-state index contributed by atoms with van der Waals surface area (Å²) < 4.78 is 58.8. The van der Waals surface area contributed by atoms with E-state index in [1.54, 1.807) is 0 Å². The summed E-state index contributed by atoms with van der Waals surface area (Å²) in [6.07, 6.45) is 3.43. The van der Waals surface area contributed by atoms with Gasteiger partial charge in [-0.05, 0) is 31.2 Å². The van der Waals surface area contributed by atoms with Gasteiger partial charge >= 0.3 is 0 Å². The van der Waals surface area contributed by atoms with Crippen LogP contribution in [0.15, 0.2) is 52.2 Å². The van der Waals surface area contributed by atoms with E-state index in [0.29, 0.717) is 3.97 Å². The molecule has 114 valence electrons. The van der Waals surface area contributed by atoms with E-state index < -0.39 is 27.5 Å². The quantitative estimate of drug-likeness (QED) is 0.695. The molecular formula is C14H10F2N2O3S. The lowest BCUT2D eigenvalue weighted by Crippen LogP contribution is -2.14. The van der Waals surface area contributed by atoms with E-state index in [0.717, 1.165) is 12.3 Å². The van der Waals surface area contributed by atoms with Gasteiger partial charge in [0.05, 0.1) is 11.8 Å². The average Bonchev–Trinajstić information content (AvgIpc) is 3.06. The van der Waals surface area contributed by atoms with Gasteiger partial charge in [0.15, 0.2) is 0 Å². The third-order valence-electron chi connectivity index (χ3n) is 3.17. The first kappa shape index (κ1) is 14.5. The molecule has 5 nitrogen and oxygen atoms in total. The van der Waals surface area contributed by atoms with E-state index in [9.17, 15) is 17.2 Å². The van der Waals surface area contributed by atoms with E-state index >= 15 is 0 Å². The maximum atomic E-state index is 14.0. The Morgan fingerprint density at radius 2 is 2.00 bits per heavy atom. The molecule has 0 aromatic carbocycles. The van der Waals surface area contributed by atoms with Crippen molar-refractivity contribution in [1.29, 1.82) is 0 Å². The molecule has 22 heavy (non-hydrogen) atoms. The zero-order chi connectivity index (χ0) is 15.9. The molecule has 0 amide bonds. The zero-order valence-electron chi connectivity index (χ0n) is 11.3. The molecule has 0 atom stereocenters. The number of halogens is 2. The highest BCUT2D eigenvalue weighted by Gasteiger charge is 2.27. The number of hydrogen-bond donors (Lipinski definition) is 0. The summed E-state index contributed by atoms with van der Waals surface area (Å²) in [5, 5.41) is 0. The average molecular weight is 324 g/mol. The van der Waals surface area contributed by atoms with E-state index in [4.69, 9.17) is 4.42 Å². The van der Waals surface area contributed by atoms with Crippen molar-refractivity contribution in [3.8, 4) is 11.3 Å². The summed E-state index contributed by atoms with van der Waals surface area (Å²) in [5.41, 5.74) is -0.652. The third-order valence-corrected chi connectivity index (χ3v) is 4.97. The monoisotopic (exact) mass is 324 g/mol. The second kappa shape index (κ2) is 5.06. The van der Waals surface area contributed by atoms with Crippen molar-refractivity contribution in [3.05, 3.63) is 60.4 Å². The summed E-state index contributed by atoms with van der Waals surface area (Å²) in [7, 11) is -4.11. The second-order valence-corrected chi connectivity index (χ2v) is 6.28. The van der Waals surface area contributed by atoms with Crippen LogP contribution in [0.25, 0.3) is 11.3 Å². The van der Waals surface area contributed by atoms with Gasteiger partial charge in [0, 0.05) is 12.4 Å². The fraction of sp³-hybridized carbons (Fsp3) is 0.0714. The summed E-state index contributed by atoms with van der Waals surface area (Å²) in [6.45, 7) is 1.47. The Hall–Kier alpha value is -2.48. The largest absolute Gasteiger partial charge is 0.468 e. The van der Waals surface area contributed by atoms with Crippen LogP contribution in [0.2, 0.25) is 0 Å². The number of aryl methyl sites for hydroxylation is 1. The molecule has 3 rings (SSSR count). The Balaban J connectivity index is 2.28. The van der Waals surface area contributed by atoms with E-state index in [1.807, 2.05) is 0 Å². The normalized spacial score (nSPS) is 11.8.